The molecule has 0 saturated heterocycles. The van der Waals surface area contributed by atoms with Crippen molar-refractivity contribution in [1.82, 2.24) is 0 Å². The monoisotopic (exact) mass is 480 g/mol. The van der Waals surface area contributed by atoms with Crippen LogP contribution in [0.15, 0.2) is 11.6 Å². The minimum absolute atomic E-state index is 0.0477. The van der Waals surface area contributed by atoms with E-state index < -0.39 is 52.4 Å². The number of carbonyl (C=O) groups excluding carboxylic acids is 1. The van der Waals surface area contributed by atoms with E-state index in [2.05, 4.69) is 0 Å². The molecule has 0 spiro atoms. The van der Waals surface area contributed by atoms with Gasteiger partial charge < -0.3 is 30.6 Å². The van der Waals surface area contributed by atoms with Gasteiger partial charge in [-0.15, -0.1) is 0 Å². The van der Waals surface area contributed by atoms with Crippen molar-refractivity contribution in [3.8, 4) is 0 Å². The summed E-state index contributed by atoms with van der Waals surface area (Å²) in [5.74, 6) is -1.04. The summed E-state index contributed by atoms with van der Waals surface area (Å²) in [7, 11) is 0. The first-order valence-electron chi connectivity index (χ1n) is 13.0. The summed E-state index contributed by atoms with van der Waals surface area (Å²) in [6, 6.07) is 0. The summed E-state index contributed by atoms with van der Waals surface area (Å²) in [5, 5.41) is 65.7. The Balaban J connectivity index is 1.68. The normalized spacial score (nSPS) is 47.8. The molecule has 7 nitrogen and oxygen atoms in total. The van der Waals surface area contributed by atoms with Crippen LogP contribution < -0.4 is 0 Å². The molecule has 3 saturated carbocycles. The lowest BCUT2D eigenvalue weighted by molar-refractivity contribution is -0.179. The number of allylic oxidation sites excluding steroid dienone is 1. The van der Waals surface area contributed by atoms with Crippen LogP contribution in [0.4, 0.5) is 0 Å². The van der Waals surface area contributed by atoms with Gasteiger partial charge in [0.25, 0.3) is 0 Å². The van der Waals surface area contributed by atoms with Gasteiger partial charge in [0.05, 0.1) is 35.6 Å². The van der Waals surface area contributed by atoms with Crippen LogP contribution in [0.5, 0.6) is 0 Å². The van der Waals surface area contributed by atoms with E-state index in [0.29, 0.717) is 37.7 Å². The minimum Gasteiger partial charge on any atom is -0.393 e. The Hall–Kier alpha value is -0.830. The molecule has 0 aromatic carbocycles. The highest BCUT2D eigenvalue weighted by Gasteiger charge is 2.69. The Bertz CT molecular complexity index is 852. The highest BCUT2D eigenvalue weighted by atomic mass is 16.3. The van der Waals surface area contributed by atoms with Gasteiger partial charge in [-0.1, -0.05) is 27.7 Å². The van der Waals surface area contributed by atoms with Gasteiger partial charge in [-0.3, -0.25) is 4.79 Å². The van der Waals surface area contributed by atoms with Crippen LogP contribution in [0, 0.1) is 34.5 Å². The SMILES string of the molecule is CC(C)C(O)CC(O)C(C)(O)C1CCC2(O)C3=CC(=O)C4CC(O)C(O)CC4(C)C3CCC12C. The molecule has 4 rings (SSSR count). The number of aliphatic hydroxyl groups is 6. The summed E-state index contributed by atoms with van der Waals surface area (Å²) in [6.45, 7) is 9.30. The molecule has 34 heavy (non-hydrogen) atoms. The third-order valence-corrected chi connectivity index (χ3v) is 10.7. The third-order valence-electron chi connectivity index (χ3n) is 10.7. The van der Waals surface area contributed by atoms with Crippen molar-refractivity contribution >= 4 is 5.78 Å². The van der Waals surface area contributed by atoms with Gasteiger partial charge in [-0.05, 0) is 80.3 Å². The standard InChI is InChI=1S/C27H44O7/c1-14(2)18(28)12-23(32)26(5,33)22-7-9-27(34)16-10-19(29)17-11-20(30)21(31)13-24(17,3)15(16)6-8-25(22,27)4/h10,14-15,17-18,20-23,28,30-34H,6-9,11-13H2,1-5H3. The predicted molar refractivity (Wildman–Crippen MR) is 127 cm³/mol. The van der Waals surface area contributed by atoms with E-state index in [1.165, 1.54) is 0 Å². The van der Waals surface area contributed by atoms with Crippen LogP contribution in [0.25, 0.3) is 0 Å². The van der Waals surface area contributed by atoms with Gasteiger partial charge in [0, 0.05) is 17.8 Å². The molecule has 194 valence electrons. The average Bonchev–Trinajstić information content (AvgIpc) is 3.02. The first kappa shape index (κ1) is 26.2. The molecule has 11 atom stereocenters. The van der Waals surface area contributed by atoms with Crippen LogP contribution in [-0.2, 0) is 4.79 Å². The highest BCUT2D eigenvalue weighted by Crippen LogP contribution is 2.68. The average molecular weight is 481 g/mol. The van der Waals surface area contributed by atoms with Gasteiger partial charge in [0.15, 0.2) is 5.78 Å². The maximum absolute atomic E-state index is 13.3. The number of ketones is 1. The maximum Gasteiger partial charge on any atom is 0.159 e. The van der Waals surface area contributed by atoms with Crippen LogP contribution in [0.2, 0.25) is 0 Å². The molecule has 4 aliphatic carbocycles. The Morgan fingerprint density at radius 3 is 2.35 bits per heavy atom. The number of aliphatic hydroxyl groups excluding tert-OH is 4. The van der Waals surface area contributed by atoms with Gasteiger partial charge in [-0.2, -0.15) is 0 Å². The van der Waals surface area contributed by atoms with Crippen molar-refractivity contribution in [1.29, 1.82) is 0 Å². The molecule has 4 aliphatic rings. The lowest BCUT2D eigenvalue weighted by atomic mass is 9.45. The topological polar surface area (TPSA) is 138 Å². The second-order valence-corrected chi connectivity index (χ2v) is 12.9. The van der Waals surface area contributed by atoms with E-state index in [1.807, 2.05) is 27.7 Å². The van der Waals surface area contributed by atoms with E-state index >= 15 is 0 Å². The van der Waals surface area contributed by atoms with E-state index in [0.717, 1.165) is 0 Å². The first-order chi connectivity index (χ1) is 15.6. The molecular formula is C27H44O7. The molecule has 0 aliphatic heterocycles. The lowest BCUT2D eigenvalue weighted by Crippen LogP contribution is -2.63. The maximum atomic E-state index is 13.3. The van der Waals surface area contributed by atoms with E-state index in [9.17, 15) is 35.4 Å². The van der Waals surface area contributed by atoms with Crippen LogP contribution in [-0.4, -0.2) is 72.0 Å². The van der Waals surface area contributed by atoms with Crippen molar-refractivity contribution < 1.29 is 35.4 Å². The second kappa shape index (κ2) is 8.35. The molecule has 3 fully saturated rings. The summed E-state index contributed by atoms with van der Waals surface area (Å²) in [6.07, 6.45) is 0.680. The second-order valence-electron chi connectivity index (χ2n) is 12.9. The predicted octanol–water partition coefficient (Wildman–Crippen LogP) is 1.71. The Labute approximate surface area is 202 Å². The fraction of sp³-hybridized carbons (Fsp3) is 0.889. The Kier molecular flexibility index (Phi) is 6.45. The molecule has 0 bridgehead atoms. The zero-order valence-electron chi connectivity index (χ0n) is 21.2. The van der Waals surface area contributed by atoms with Gasteiger partial charge in [0.2, 0.25) is 0 Å². The van der Waals surface area contributed by atoms with Crippen LogP contribution in [0.1, 0.15) is 79.6 Å². The van der Waals surface area contributed by atoms with Crippen molar-refractivity contribution in [2.24, 2.45) is 34.5 Å². The molecule has 0 aromatic rings. The Morgan fingerprint density at radius 2 is 1.74 bits per heavy atom. The third kappa shape index (κ3) is 3.57. The van der Waals surface area contributed by atoms with Crippen LogP contribution >= 0.6 is 0 Å². The van der Waals surface area contributed by atoms with Crippen LogP contribution in [0.3, 0.4) is 0 Å². The number of fused-ring (bicyclic) bond motifs is 5. The van der Waals surface area contributed by atoms with E-state index in [4.69, 9.17) is 0 Å². The molecule has 11 unspecified atom stereocenters. The van der Waals surface area contributed by atoms with E-state index in [-0.39, 0.29) is 36.4 Å². The van der Waals surface area contributed by atoms with Crippen molar-refractivity contribution in [3.63, 3.8) is 0 Å². The summed E-state index contributed by atoms with van der Waals surface area (Å²) < 4.78 is 0. The zero-order chi connectivity index (χ0) is 25.4. The van der Waals surface area contributed by atoms with Crippen molar-refractivity contribution in [3.05, 3.63) is 11.6 Å². The quantitative estimate of drug-likeness (QED) is 0.352. The van der Waals surface area contributed by atoms with E-state index in [1.54, 1.807) is 13.0 Å². The van der Waals surface area contributed by atoms with Gasteiger partial charge in [-0.25, -0.2) is 0 Å². The number of carbonyl (C=O) groups is 1. The van der Waals surface area contributed by atoms with Gasteiger partial charge in [0.1, 0.15) is 0 Å². The largest absolute Gasteiger partial charge is 0.393 e. The zero-order valence-corrected chi connectivity index (χ0v) is 21.2. The molecular weight excluding hydrogens is 436 g/mol. The molecule has 0 aromatic heterocycles. The molecule has 7 heteroatoms. The Morgan fingerprint density at radius 1 is 1.09 bits per heavy atom. The first-order valence-corrected chi connectivity index (χ1v) is 13.0. The molecule has 6 N–H and O–H groups in total. The minimum atomic E-state index is -1.52. The molecule has 0 amide bonds. The van der Waals surface area contributed by atoms with Crippen molar-refractivity contribution in [2.45, 2.75) is 115 Å². The number of rotatable bonds is 5. The molecule has 0 heterocycles. The summed E-state index contributed by atoms with van der Waals surface area (Å²) >= 11 is 0. The fourth-order valence-electron chi connectivity index (χ4n) is 8.28. The fourth-order valence-corrected chi connectivity index (χ4v) is 8.28. The smallest absolute Gasteiger partial charge is 0.159 e. The lowest BCUT2D eigenvalue weighted by Gasteiger charge is -2.60. The number of hydrogen-bond donors (Lipinski definition) is 6. The summed E-state index contributed by atoms with van der Waals surface area (Å²) in [5.41, 5.74) is -3.41. The summed E-state index contributed by atoms with van der Waals surface area (Å²) in [4.78, 5) is 13.3. The molecule has 0 radical (unpaired) electrons. The highest BCUT2D eigenvalue weighted by molar-refractivity contribution is 5.95. The number of hydrogen-bond acceptors (Lipinski definition) is 7. The van der Waals surface area contributed by atoms with Gasteiger partial charge >= 0.3 is 0 Å². The van der Waals surface area contributed by atoms with Crippen molar-refractivity contribution in [2.75, 3.05) is 0 Å².